The van der Waals surface area contributed by atoms with Crippen LogP contribution in [0, 0.1) is 0 Å². The standard InChI is InChI=1S/C50H105P/c1-5-9-13-17-21-24-27-30-33-36-40-44-48-51(47-43-39-20-16-12-8-4,49-45-41-37-34-31-28-25-22-18-14-10-6-2)50-46-42-38-35-32-29-26-23-19-15-11-7-3/h51H,5-50H2,1-4H3. The SMILES string of the molecule is CCCCCCCCCCCCCC[PH](CCCCCCCC)(CCCCCCCCCCCCCC)CCCCCCCCCCCCCC. The average Bonchev–Trinajstić information content (AvgIpc) is 3.14. The first-order valence-electron chi connectivity index (χ1n) is 25.2. The van der Waals surface area contributed by atoms with Crippen molar-refractivity contribution >= 4 is 7.26 Å². The molecule has 310 valence electrons. The number of unbranched alkanes of at least 4 members (excludes halogenated alkanes) is 38. The minimum atomic E-state index is -1.16. The van der Waals surface area contributed by atoms with Gasteiger partial charge in [-0.25, -0.2) is 0 Å². The summed E-state index contributed by atoms with van der Waals surface area (Å²) in [7, 11) is -1.16. The van der Waals surface area contributed by atoms with E-state index in [1.54, 1.807) is 69.6 Å². The van der Waals surface area contributed by atoms with Gasteiger partial charge in [-0.3, -0.25) is 0 Å². The summed E-state index contributed by atoms with van der Waals surface area (Å²) in [5.74, 6) is 0. The fraction of sp³-hybridized carbons (Fsp3) is 1.00. The minimum Gasteiger partial charge on any atom is -0.0654 e. The monoisotopic (exact) mass is 737 g/mol. The fourth-order valence-corrected chi connectivity index (χ4v) is 14.6. The molecule has 0 heterocycles. The van der Waals surface area contributed by atoms with Crippen LogP contribution in [0.5, 0.6) is 0 Å². The van der Waals surface area contributed by atoms with Crippen LogP contribution in [0.1, 0.15) is 297 Å². The Kier molecular flexibility index (Phi) is 45.2. The first kappa shape index (κ1) is 51.4. The van der Waals surface area contributed by atoms with Crippen molar-refractivity contribution in [1.82, 2.24) is 0 Å². The van der Waals surface area contributed by atoms with E-state index in [-0.39, 0.29) is 0 Å². The third kappa shape index (κ3) is 39.9. The quantitative estimate of drug-likeness (QED) is 0.0431. The summed E-state index contributed by atoms with van der Waals surface area (Å²) in [5, 5.41) is 0. The van der Waals surface area contributed by atoms with E-state index in [9.17, 15) is 0 Å². The Bertz CT molecular complexity index is 529. The van der Waals surface area contributed by atoms with Crippen molar-refractivity contribution in [2.24, 2.45) is 0 Å². The third-order valence-electron chi connectivity index (χ3n) is 12.7. The molecule has 0 aromatic carbocycles. The second kappa shape index (κ2) is 44.8. The summed E-state index contributed by atoms with van der Waals surface area (Å²) < 4.78 is 0. The third-order valence-corrected chi connectivity index (χ3v) is 18.4. The summed E-state index contributed by atoms with van der Waals surface area (Å²) >= 11 is 0. The first-order chi connectivity index (χ1) is 25.2. The maximum absolute atomic E-state index is 2.37. The maximum atomic E-state index is 2.37. The summed E-state index contributed by atoms with van der Waals surface area (Å²) in [6, 6.07) is 0. The Morgan fingerprint density at radius 2 is 0.275 bits per heavy atom. The predicted octanol–water partition coefficient (Wildman–Crippen LogP) is 19.2. The molecule has 0 aromatic rings. The van der Waals surface area contributed by atoms with Gasteiger partial charge < -0.3 is 0 Å². The van der Waals surface area contributed by atoms with Gasteiger partial charge in [0.25, 0.3) is 0 Å². The van der Waals surface area contributed by atoms with Crippen molar-refractivity contribution in [3.63, 3.8) is 0 Å². The molecule has 0 aromatic heterocycles. The number of rotatable bonds is 46. The predicted molar refractivity (Wildman–Crippen MR) is 244 cm³/mol. The van der Waals surface area contributed by atoms with Crippen LogP contribution in [0.25, 0.3) is 0 Å². The Balaban J connectivity index is 4.75. The van der Waals surface area contributed by atoms with E-state index in [1.807, 2.05) is 0 Å². The van der Waals surface area contributed by atoms with Gasteiger partial charge in [-0.1, -0.05) is 40.0 Å². The van der Waals surface area contributed by atoms with Gasteiger partial charge in [0, 0.05) is 0 Å². The summed E-state index contributed by atoms with van der Waals surface area (Å²) in [6.07, 6.45) is 69.5. The molecule has 0 rings (SSSR count). The van der Waals surface area contributed by atoms with Crippen molar-refractivity contribution in [2.45, 2.75) is 297 Å². The Morgan fingerprint density at radius 1 is 0.157 bits per heavy atom. The van der Waals surface area contributed by atoms with Gasteiger partial charge >= 0.3 is 289 Å². The van der Waals surface area contributed by atoms with E-state index in [1.165, 1.54) is 225 Å². The number of hydrogen-bond acceptors (Lipinski definition) is 0. The molecular formula is C50H105P. The molecule has 0 atom stereocenters. The molecule has 0 fully saturated rings. The van der Waals surface area contributed by atoms with Crippen LogP contribution in [0.2, 0.25) is 0 Å². The zero-order valence-corrected chi connectivity index (χ0v) is 38.0. The zero-order chi connectivity index (χ0) is 37.0. The van der Waals surface area contributed by atoms with Crippen LogP contribution in [0.3, 0.4) is 0 Å². The van der Waals surface area contributed by atoms with Crippen molar-refractivity contribution in [2.75, 3.05) is 24.6 Å². The molecule has 0 spiro atoms. The number of hydrogen-bond donors (Lipinski definition) is 0. The van der Waals surface area contributed by atoms with Crippen molar-refractivity contribution in [3.05, 3.63) is 0 Å². The van der Waals surface area contributed by atoms with Gasteiger partial charge in [0.05, 0.1) is 0 Å². The molecule has 0 amide bonds. The van der Waals surface area contributed by atoms with Crippen LogP contribution in [0.4, 0.5) is 0 Å². The molecule has 0 aliphatic carbocycles. The molecule has 0 saturated carbocycles. The smallest absolute Gasteiger partial charge is 0.0654 e. The van der Waals surface area contributed by atoms with Gasteiger partial charge in [0.2, 0.25) is 0 Å². The first-order valence-corrected chi connectivity index (χ1v) is 28.1. The van der Waals surface area contributed by atoms with E-state index in [4.69, 9.17) is 0 Å². The van der Waals surface area contributed by atoms with Gasteiger partial charge in [0.15, 0.2) is 0 Å². The molecular weight excluding hydrogens is 632 g/mol. The minimum absolute atomic E-state index is 1.16. The zero-order valence-electron chi connectivity index (χ0n) is 37.0. The average molecular weight is 737 g/mol. The van der Waals surface area contributed by atoms with Crippen molar-refractivity contribution in [3.8, 4) is 0 Å². The van der Waals surface area contributed by atoms with Crippen molar-refractivity contribution in [1.29, 1.82) is 0 Å². The van der Waals surface area contributed by atoms with Crippen LogP contribution < -0.4 is 0 Å². The van der Waals surface area contributed by atoms with E-state index < -0.39 is 7.26 Å². The van der Waals surface area contributed by atoms with Crippen LogP contribution in [0.15, 0.2) is 0 Å². The van der Waals surface area contributed by atoms with Crippen LogP contribution in [-0.2, 0) is 0 Å². The molecule has 0 nitrogen and oxygen atoms in total. The summed E-state index contributed by atoms with van der Waals surface area (Å²) in [4.78, 5) is 0. The molecule has 0 radical (unpaired) electrons. The molecule has 0 unspecified atom stereocenters. The molecule has 0 N–H and O–H groups in total. The van der Waals surface area contributed by atoms with Crippen LogP contribution in [-0.4, -0.2) is 24.6 Å². The summed E-state index contributed by atoms with van der Waals surface area (Å²) in [5.41, 5.74) is 0. The molecule has 51 heavy (non-hydrogen) atoms. The molecule has 0 aliphatic rings. The van der Waals surface area contributed by atoms with Gasteiger partial charge in [-0.2, -0.15) is 0 Å². The van der Waals surface area contributed by atoms with E-state index >= 15 is 0 Å². The second-order valence-electron chi connectivity index (χ2n) is 17.9. The molecule has 0 aliphatic heterocycles. The van der Waals surface area contributed by atoms with E-state index in [2.05, 4.69) is 27.7 Å². The molecule has 0 bridgehead atoms. The van der Waals surface area contributed by atoms with Crippen LogP contribution >= 0.6 is 7.26 Å². The van der Waals surface area contributed by atoms with E-state index in [0.29, 0.717) is 0 Å². The van der Waals surface area contributed by atoms with E-state index in [0.717, 1.165) is 0 Å². The molecule has 0 saturated heterocycles. The Morgan fingerprint density at radius 3 is 0.412 bits per heavy atom. The second-order valence-corrected chi connectivity index (χ2v) is 22.9. The van der Waals surface area contributed by atoms with Gasteiger partial charge in [-0.15, -0.1) is 0 Å². The Labute approximate surface area is 328 Å². The Hall–Kier alpha value is 0.430. The normalized spacial score (nSPS) is 12.3. The summed E-state index contributed by atoms with van der Waals surface area (Å²) in [6.45, 7) is 9.37. The topological polar surface area (TPSA) is 0 Å². The van der Waals surface area contributed by atoms with Crippen molar-refractivity contribution < 1.29 is 0 Å². The van der Waals surface area contributed by atoms with Gasteiger partial charge in [-0.05, 0) is 0 Å². The van der Waals surface area contributed by atoms with Gasteiger partial charge in [0.1, 0.15) is 0 Å². The molecule has 1 heteroatoms. The fourth-order valence-electron chi connectivity index (χ4n) is 9.05.